The fraction of sp³-hybridized carbons (Fsp3) is 0.400. The van der Waals surface area contributed by atoms with Crippen molar-refractivity contribution >= 4 is 46.1 Å². The number of amides is 3. The van der Waals surface area contributed by atoms with Gasteiger partial charge in [-0.1, -0.05) is 48.0 Å². The highest BCUT2D eigenvalue weighted by atomic mass is 35.5. The van der Waals surface area contributed by atoms with Crippen molar-refractivity contribution < 1.29 is 23.5 Å². The minimum atomic E-state index is -0.716. The first-order chi connectivity index (χ1) is 19.7. The lowest BCUT2D eigenvalue weighted by molar-refractivity contribution is -0.137. The molecule has 0 spiro atoms. The Balaban J connectivity index is 1.39. The maximum atomic E-state index is 13.8. The van der Waals surface area contributed by atoms with Crippen molar-refractivity contribution in [1.82, 2.24) is 20.1 Å². The second-order valence-electron chi connectivity index (χ2n) is 10.2. The molecule has 3 aromatic rings. The number of hydrogen-bond acceptors (Lipinski definition) is 6. The second kappa shape index (κ2) is 14.2. The molecule has 1 saturated heterocycles. The van der Waals surface area contributed by atoms with Crippen molar-refractivity contribution in [1.29, 1.82) is 0 Å². The van der Waals surface area contributed by atoms with Gasteiger partial charge < -0.3 is 19.9 Å². The van der Waals surface area contributed by atoms with Crippen LogP contribution in [0.2, 0.25) is 5.02 Å². The van der Waals surface area contributed by atoms with Crippen LogP contribution in [0.4, 0.5) is 15.0 Å². The van der Waals surface area contributed by atoms with Gasteiger partial charge >= 0.3 is 6.09 Å². The van der Waals surface area contributed by atoms with Gasteiger partial charge in [0.05, 0.1) is 11.1 Å². The van der Waals surface area contributed by atoms with Crippen LogP contribution in [-0.4, -0.2) is 78.1 Å². The van der Waals surface area contributed by atoms with Gasteiger partial charge in [0.2, 0.25) is 11.8 Å². The molecule has 2 atom stereocenters. The smallest absolute Gasteiger partial charge is 0.412 e. The summed E-state index contributed by atoms with van der Waals surface area (Å²) in [5, 5.41) is 7.75. The minimum absolute atomic E-state index is 0.00227. The molecule has 4 rings (SSSR count). The summed E-state index contributed by atoms with van der Waals surface area (Å²) in [5.41, 5.74) is 0.534. The van der Waals surface area contributed by atoms with Crippen LogP contribution >= 0.6 is 11.6 Å². The minimum Gasteiger partial charge on any atom is -0.447 e. The normalized spacial score (nSPS) is 15.8. The molecule has 3 amide bonds. The van der Waals surface area contributed by atoms with Gasteiger partial charge in [-0.05, 0) is 42.8 Å². The van der Waals surface area contributed by atoms with E-state index < -0.39 is 18.0 Å². The quantitative estimate of drug-likeness (QED) is 0.360. The zero-order valence-electron chi connectivity index (χ0n) is 23.2. The number of ether oxygens (including phenoxy) is 1. The van der Waals surface area contributed by atoms with Crippen LogP contribution in [0.5, 0.6) is 0 Å². The fourth-order valence-corrected chi connectivity index (χ4v) is 5.08. The molecule has 0 unspecified atom stereocenters. The number of likely N-dealkylation sites (N-methyl/N-ethyl adjacent to an activating group) is 1. The molecular weight excluding hydrogens is 549 g/mol. The average molecular weight is 584 g/mol. The Morgan fingerprint density at radius 3 is 2.76 bits per heavy atom. The molecule has 1 aliphatic heterocycles. The zero-order valence-corrected chi connectivity index (χ0v) is 24.0. The standard InChI is InChI=1S/C30H35ClFN5O4/c1-20-17-33-14-15-37(20)28(39)13-11-24(36(2)27(38)12-10-21-8-5-9-25(32)29(21)31)19-41-30(40)35-26-16-22-6-3-4-7-23(22)18-34-26/h3-9,16,18,20,24,33H,10-15,17,19H2,1-2H3,(H,34,35,40)/t20-,24+/m1/s1. The molecule has 1 fully saturated rings. The lowest BCUT2D eigenvalue weighted by Gasteiger charge is -2.35. The van der Waals surface area contributed by atoms with Crippen molar-refractivity contribution in [3.8, 4) is 0 Å². The first-order valence-electron chi connectivity index (χ1n) is 13.7. The number of carbonyl (C=O) groups is 3. The summed E-state index contributed by atoms with van der Waals surface area (Å²) in [7, 11) is 1.62. The Hall–Kier alpha value is -3.76. The van der Waals surface area contributed by atoms with E-state index in [-0.39, 0.29) is 48.7 Å². The Morgan fingerprint density at radius 2 is 1.98 bits per heavy atom. The van der Waals surface area contributed by atoms with Gasteiger partial charge in [0, 0.05) is 57.1 Å². The van der Waals surface area contributed by atoms with Gasteiger partial charge in [0.25, 0.3) is 0 Å². The molecule has 0 aliphatic carbocycles. The maximum Gasteiger partial charge on any atom is 0.412 e. The molecule has 2 aromatic carbocycles. The first-order valence-corrected chi connectivity index (χ1v) is 14.1. The molecule has 218 valence electrons. The molecule has 2 N–H and O–H groups in total. The largest absolute Gasteiger partial charge is 0.447 e. The number of halogens is 2. The third-order valence-electron chi connectivity index (χ3n) is 7.36. The maximum absolute atomic E-state index is 13.8. The number of anilines is 1. The van der Waals surface area contributed by atoms with Crippen LogP contribution in [0.1, 0.15) is 31.7 Å². The highest BCUT2D eigenvalue weighted by Crippen LogP contribution is 2.22. The molecule has 41 heavy (non-hydrogen) atoms. The van der Waals surface area contributed by atoms with Gasteiger partial charge in [-0.15, -0.1) is 0 Å². The highest BCUT2D eigenvalue weighted by Gasteiger charge is 2.27. The molecular formula is C30H35ClFN5O4. The van der Waals surface area contributed by atoms with Gasteiger partial charge in [-0.25, -0.2) is 14.2 Å². The van der Waals surface area contributed by atoms with Crippen molar-refractivity contribution in [2.75, 3.05) is 38.6 Å². The highest BCUT2D eigenvalue weighted by molar-refractivity contribution is 6.31. The molecule has 9 nitrogen and oxygen atoms in total. The van der Waals surface area contributed by atoms with E-state index in [1.807, 2.05) is 36.1 Å². The van der Waals surface area contributed by atoms with Crippen molar-refractivity contribution in [2.24, 2.45) is 0 Å². The van der Waals surface area contributed by atoms with E-state index in [2.05, 4.69) is 15.6 Å². The third-order valence-corrected chi connectivity index (χ3v) is 7.79. The van der Waals surface area contributed by atoms with Crippen molar-refractivity contribution in [3.63, 3.8) is 0 Å². The number of hydrogen-bond donors (Lipinski definition) is 2. The number of nitrogens with one attached hydrogen (secondary N) is 2. The number of carbonyl (C=O) groups excluding carboxylic acids is 3. The van der Waals surface area contributed by atoms with Crippen LogP contribution in [0.3, 0.4) is 0 Å². The van der Waals surface area contributed by atoms with E-state index in [4.69, 9.17) is 16.3 Å². The number of nitrogens with zero attached hydrogens (tertiary/aromatic N) is 3. The molecule has 0 bridgehead atoms. The number of aromatic nitrogens is 1. The topological polar surface area (TPSA) is 104 Å². The lowest BCUT2D eigenvalue weighted by Crippen LogP contribution is -2.52. The summed E-state index contributed by atoms with van der Waals surface area (Å²) in [6.45, 7) is 3.94. The summed E-state index contributed by atoms with van der Waals surface area (Å²) in [4.78, 5) is 46.3. The molecule has 2 heterocycles. The van der Waals surface area contributed by atoms with E-state index in [1.165, 1.54) is 11.0 Å². The number of pyridine rings is 1. The molecule has 0 radical (unpaired) electrons. The number of benzene rings is 2. The van der Waals surface area contributed by atoms with Crippen LogP contribution in [0, 0.1) is 5.82 Å². The summed E-state index contributed by atoms with van der Waals surface area (Å²) in [6.07, 6.45) is 1.77. The van der Waals surface area contributed by atoms with Gasteiger partial charge in [-0.3, -0.25) is 14.9 Å². The Kier molecular flexibility index (Phi) is 10.5. The van der Waals surface area contributed by atoms with E-state index in [1.54, 1.807) is 31.4 Å². The van der Waals surface area contributed by atoms with Crippen LogP contribution in [0.25, 0.3) is 10.8 Å². The SMILES string of the molecule is C[C@@H]1CNCCN1C(=O)CC[C@@H](COC(=O)Nc1cc2ccccc2cn1)N(C)C(=O)CCc1cccc(F)c1Cl. The summed E-state index contributed by atoms with van der Waals surface area (Å²) < 4.78 is 19.3. The first kappa shape index (κ1) is 30.2. The number of aryl methyl sites for hydroxylation is 1. The van der Waals surface area contributed by atoms with Gasteiger partial charge in [-0.2, -0.15) is 0 Å². The summed E-state index contributed by atoms with van der Waals surface area (Å²) in [6, 6.07) is 13.4. The van der Waals surface area contributed by atoms with Crippen LogP contribution < -0.4 is 10.6 Å². The number of piperazine rings is 1. The number of fused-ring (bicyclic) bond motifs is 1. The summed E-state index contributed by atoms with van der Waals surface area (Å²) in [5.74, 6) is -0.451. The van der Waals surface area contributed by atoms with Crippen LogP contribution in [-0.2, 0) is 20.7 Å². The second-order valence-corrected chi connectivity index (χ2v) is 10.6. The summed E-state index contributed by atoms with van der Waals surface area (Å²) >= 11 is 6.06. The fourth-order valence-electron chi connectivity index (χ4n) is 4.86. The Bertz CT molecular complexity index is 1390. The van der Waals surface area contributed by atoms with E-state index in [9.17, 15) is 18.8 Å². The van der Waals surface area contributed by atoms with Crippen molar-refractivity contribution in [3.05, 3.63) is 71.1 Å². The van der Waals surface area contributed by atoms with Crippen LogP contribution in [0.15, 0.2) is 54.7 Å². The third kappa shape index (κ3) is 8.14. The molecule has 1 aliphatic rings. The van der Waals surface area contributed by atoms with Gasteiger partial charge in [0.1, 0.15) is 18.2 Å². The van der Waals surface area contributed by atoms with Gasteiger partial charge in [0.15, 0.2) is 0 Å². The molecule has 0 saturated carbocycles. The lowest BCUT2D eigenvalue weighted by atomic mass is 10.1. The molecule has 11 heteroatoms. The van der Waals surface area contributed by atoms with Crippen molar-refractivity contribution in [2.45, 2.75) is 44.7 Å². The predicted molar refractivity (Wildman–Crippen MR) is 156 cm³/mol. The average Bonchev–Trinajstić information content (AvgIpc) is 2.97. The Morgan fingerprint density at radius 1 is 1.20 bits per heavy atom. The monoisotopic (exact) mass is 583 g/mol. The number of rotatable bonds is 10. The zero-order chi connectivity index (χ0) is 29.4. The predicted octanol–water partition coefficient (Wildman–Crippen LogP) is 4.64. The van der Waals surface area contributed by atoms with E-state index >= 15 is 0 Å². The van der Waals surface area contributed by atoms with E-state index in [0.29, 0.717) is 24.3 Å². The molecule has 1 aromatic heterocycles. The Labute approximate surface area is 244 Å². The van der Waals surface area contributed by atoms with E-state index in [0.717, 1.165) is 23.9 Å².